The van der Waals surface area contributed by atoms with Crippen LogP contribution in [0.2, 0.25) is 0 Å². The van der Waals surface area contributed by atoms with Crippen molar-refractivity contribution in [3.8, 4) is 0 Å². The highest BCUT2D eigenvalue weighted by Gasteiger charge is 2.29. The van der Waals surface area contributed by atoms with Crippen LogP contribution in [0.4, 0.5) is 5.69 Å². The molecule has 0 saturated carbocycles. The lowest BCUT2D eigenvalue weighted by molar-refractivity contribution is 0.625. The molecule has 1 saturated heterocycles. The maximum Gasteiger partial charge on any atom is 0.104 e. The molecule has 3 N–H and O–H groups in total. The summed E-state index contributed by atoms with van der Waals surface area (Å²) in [4.78, 5) is 5.22. The minimum atomic E-state index is -0.173. The summed E-state index contributed by atoms with van der Waals surface area (Å²) in [5, 5.41) is 15.8. The fraction of sp³-hybridized carbons (Fsp3) is 0.278. The number of nitrogens with one attached hydrogen (secondary N) is 3. The van der Waals surface area contributed by atoms with Crippen LogP contribution >= 0.6 is 0 Å². The average molecular weight is 531 g/mol. The summed E-state index contributed by atoms with van der Waals surface area (Å²) in [5.74, 6) is 1.23. The Kier molecular flexibility index (Phi) is 9.21. The standard InChI is InChI=1S/C36H42N4/c1-23(2)26(5)35(28(7)37)36-27(6)32-19-17-24(3)21-30(18-20-34(39-32)40-36)33(22-29-14-9-8-10-15-29)38-31-16-12-11-13-25(31)4/h8-20,23,36-37,39-40H,6,21-22H2,1-5,7H3/b24-17-,30-18+,32-19-,34-20+,35-26+,37-28?,38-33+. The van der Waals surface area contributed by atoms with E-state index in [0.29, 0.717) is 11.6 Å². The third-order valence-corrected chi connectivity index (χ3v) is 7.66. The molecular formula is C36H42N4. The van der Waals surface area contributed by atoms with Gasteiger partial charge in [0.2, 0.25) is 0 Å². The summed E-state index contributed by atoms with van der Waals surface area (Å²) in [6, 6.07) is 18.7. The Morgan fingerprint density at radius 2 is 1.68 bits per heavy atom. The van der Waals surface area contributed by atoms with Gasteiger partial charge >= 0.3 is 0 Å². The van der Waals surface area contributed by atoms with Crippen LogP contribution in [-0.2, 0) is 6.42 Å². The number of aryl methyl sites for hydroxylation is 1. The van der Waals surface area contributed by atoms with Crippen LogP contribution in [0.15, 0.2) is 130 Å². The van der Waals surface area contributed by atoms with E-state index in [1.807, 2.05) is 13.0 Å². The van der Waals surface area contributed by atoms with Gasteiger partial charge in [-0.25, -0.2) is 0 Å². The van der Waals surface area contributed by atoms with Crippen molar-refractivity contribution in [3.63, 3.8) is 0 Å². The molecule has 0 spiro atoms. The van der Waals surface area contributed by atoms with Gasteiger partial charge in [0.15, 0.2) is 0 Å². The zero-order valence-corrected chi connectivity index (χ0v) is 24.7. The predicted octanol–water partition coefficient (Wildman–Crippen LogP) is 8.44. The van der Waals surface area contributed by atoms with E-state index in [1.54, 1.807) is 0 Å². The Hall–Kier alpha value is -4.18. The van der Waals surface area contributed by atoms with Gasteiger partial charge in [0.25, 0.3) is 0 Å². The van der Waals surface area contributed by atoms with Crippen LogP contribution in [0.5, 0.6) is 0 Å². The van der Waals surface area contributed by atoms with E-state index in [1.165, 1.54) is 22.3 Å². The zero-order valence-electron chi connectivity index (χ0n) is 24.7. The largest absolute Gasteiger partial charge is 0.361 e. The van der Waals surface area contributed by atoms with E-state index < -0.39 is 0 Å². The molecule has 2 aromatic rings. The second kappa shape index (κ2) is 12.8. The van der Waals surface area contributed by atoms with Gasteiger partial charge in [0.05, 0.1) is 11.7 Å². The molecule has 0 aliphatic carbocycles. The van der Waals surface area contributed by atoms with Crippen molar-refractivity contribution in [2.75, 3.05) is 0 Å². The smallest absolute Gasteiger partial charge is 0.104 e. The molecule has 206 valence electrons. The molecule has 4 rings (SSSR count). The summed E-state index contributed by atoms with van der Waals surface area (Å²) >= 11 is 0. The second-order valence-corrected chi connectivity index (χ2v) is 11.2. The summed E-state index contributed by atoms with van der Waals surface area (Å²) in [7, 11) is 0. The summed E-state index contributed by atoms with van der Waals surface area (Å²) < 4.78 is 0. The topological polar surface area (TPSA) is 60.3 Å². The molecule has 0 radical (unpaired) electrons. The Labute approximate surface area is 240 Å². The minimum Gasteiger partial charge on any atom is -0.361 e. The fourth-order valence-electron chi connectivity index (χ4n) is 5.07. The van der Waals surface area contributed by atoms with E-state index in [-0.39, 0.29) is 6.04 Å². The van der Waals surface area contributed by atoms with Gasteiger partial charge in [-0.05, 0) is 86.1 Å². The van der Waals surface area contributed by atoms with Crippen LogP contribution in [0.3, 0.4) is 0 Å². The highest BCUT2D eigenvalue weighted by atomic mass is 15.2. The van der Waals surface area contributed by atoms with Crippen molar-refractivity contribution in [2.45, 2.75) is 60.4 Å². The first-order chi connectivity index (χ1) is 19.1. The molecule has 2 heterocycles. The van der Waals surface area contributed by atoms with Gasteiger partial charge < -0.3 is 16.0 Å². The first-order valence-corrected chi connectivity index (χ1v) is 14.1. The summed E-state index contributed by atoms with van der Waals surface area (Å²) in [6.45, 7) is 17.1. The molecule has 0 amide bonds. The minimum absolute atomic E-state index is 0.173. The number of aliphatic imine (C=N–C) groups is 1. The lowest BCUT2D eigenvalue weighted by atomic mass is 9.85. The Morgan fingerprint density at radius 3 is 2.35 bits per heavy atom. The molecule has 2 bridgehead atoms. The van der Waals surface area contributed by atoms with Crippen molar-refractivity contribution in [1.29, 1.82) is 5.41 Å². The summed E-state index contributed by atoms with van der Waals surface area (Å²) in [6.07, 6.45) is 10.1. The van der Waals surface area contributed by atoms with Gasteiger partial charge in [-0.3, -0.25) is 4.99 Å². The molecule has 4 nitrogen and oxygen atoms in total. The van der Waals surface area contributed by atoms with Crippen molar-refractivity contribution in [2.24, 2.45) is 10.9 Å². The Morgan fingerprint density at radius 1 is 0.975 bits per heavy atom. The number of rotatable bonds is 7. The number of para-hydroxylation sites is 1. The van der Waals surface area contributed by atoms with E-state index >= 15 is 0 Å². The van der Waals surface area contributed by atoms with Gasteiger partial charge in [-0.1, -0.05) is 92.3 Å². The first kappa shape index (κ1) is 28.8. The van der Waals surface area contributed by atoms with Crippen molar-refractivity contribution < 1.29 is 0 Å². The van der Waals surface area contributed by atoms with Crippen LogP contribution < -0.4 is 10.6 Å². The van der Waals surface area contributed by atoms with Gasteiger partial charge in [-0.2, -0.15) is 0 Å². The van der Waals surface area contributed by atoms with Crippen molar-refractivity contribution >= 4 is 17.1 Å². The molecule has 1 unspecified atom stereocenters. The van der Waals surface area contributed by atoms with Crippen LogP contribution in [0, 0.1) is 18.3 Å². The highest BCUT2D eigenvalue weighted by molar-refractivity contribution is 6.03. The monoisotopic (exact) mass is 530 g/mol. The average Bonchev–Trinajstić information content (AvgIpc) is 2.92. The molecule has 1 fully saturated rings. The molecule has 2 aliphatic rings. The lowest BCUT2D eigenvalue weighted by Crippen LogP contribution is -2.46. The molecule has 40 heavy (non-hydrogen) atoms. The third kappa shape index (κ3) is 6.87. The van der Waals surface area contributed by atoms with Crippen LogP contribution in [-0.4, -0.2) is 17.5 Å². The fourth-order valence-corrected chi connectivity index (χ4v) is 5.07. The highest BCUT2D eigenvalue weighted by Crippen LogP contribution is 2.30. The van der Waals surface area contributed by atoms with Gasteiger partial charge in [0.1, 0.15) is 5.82 Å². The maximum atomic E-state index is 8.60. The molecule has 1 atom stereocenters. The number of hydrogen-bond acceptors (Lipinski definition) is 4. The SMILES string of the molecule is C=C1/C2=C/C=C(/C)CC(/C(Cc3ccccc3)=N/c3ccccc3C)=C\C=C(/N2)NC1/C(C(C)=N)=C(\C)C(C)C. The molecule has 4 heteroatoms. The van der Waals surface area contributed by atoms with Crippen molar-refractivity contribution in [3.05, 3.63) is 136 Å². The number of nitrogens with zero attached hydrogens (tertiary/aromatic N) is 1. The van der Waals surface area contributed by atoms with E-state index in [9.17, 15) is 0 Å². The Balaban J connectivity index is 1.82. The third-order valence-electron chi connectivity index (χ3n) is 7.66. The number of allylic oxidation sites excluding steroid dienone is 7. The van der Waals surface area contributed by atoms with Gasteiger partial charge in [0, 0.05) is 23.5 Å². The lowest BCUT2D eigenvalue weighted by Gasteiger charge is -2.35. The second-order valence-electron chi connectivity index (χ2n) is 11.2. The zero-order chi connectivity index (χ0) is 28.8. The quantitative estimate of drug-likeness (QED) is 0.315. The number of fused-ring (bicyclic) bond motifs is 2. The maximum absolute atomic E-state index is 8.60. The number of hydrogen-bond donors (Lipinski definition) is 3. The van der Waals surface area contributed by atoms with E-state index in [4.69, 9.17) is 10.4 Å². The van der Waals surface area contributed by atoms with E-state index in [0.717, 1.165) is 52.5 Å². The van der Waals surface area contributed by atoms with Crippen LogP contribution in [0.25, 0.3) is 0 Å². The molecule has 2 aliphatic heterocycles. The van der Waals surface area contributed by atoms with E-state index in [2.05, 4.69) is 125 Å². The predicted molar refractivity (Wildman–Crippen MR) is 171 cm³/mol. The van der Waals surface area contributed by atoms with Crippen LogP contribution in [0.1, 0.15) is 52.2 Å². The van der Waals surface area contributed by atoms with Crippen molar-refractivity contribution in [1.82, 2.24) is 10.6 Å². The summed E-state index contributed by atoms with van der Waals surface area (Å²) in [5.41, 5.74) is 11.5. The van der Waals surface area contributed by atoms with Gasteiger partial charge in [-0.15, -0.1) is 0 Å². The normalized spacial score (nSPS) is 23.6. The molecule has 2 aromatic carbocycles. The first-order valence-electron chi connectivity index (χ1n) is 14.1. The molecule has 0 aromatic heterocycles. The molecular weight excluding hydrogens is 488 g/mol. The number of benzene rings is 2. The Bertz CT molecular complexity index is 1480.